The van der Waals surface area contributed by atoms with Gasteiger partial charge in [-0.1, -0.05) is 46.3 Å². The molecule has 2 aliphatic heterocycles. The molecule has 6 heteroatoms. The van der Waals surface area contributed by atoms with E-state index in [1.54, 1.807) is 31.2 Å². The zero-order chi connectivity index (χ0) is 17.8. The molecule has 0 aliphatic carbocycles. The van der Waals surface area contributed by atoms with Crippen molar-refractivity contribution in [2.75, 3.05) is 0 Å². The summed E-state index contributed by atoms with van der Waals surface area (Å²) in [6.45, 7) is 1.79. The third-order valence-corrected chi connectivity index (χ3v) is 7.17. The minimum Gasteiger partial charge on any atom is -0.255 e. The summed E-state index contributed by atoms with van der Waals surface area (Å²) in [4.78, 5) is 5.03. The predicted molar refractivity (Wildman–Crippen MR) is 99.6 cm³/mol. The van der Waals surface area contributed by atoms with E-state index in [0.717, 1.165) is 10.0 Å². The van der Waals surface area contributed by atoms with Crippen molar-refractivity contribution in [3.05, 3.63) is 69.0 Å². The normalized spacial score (nSPS) is 23.5. The summed E-state index contributed by atoms with van der Waals surface area (Å²) in [5, 5.41) is 9.70. The molecular formula is C19H13BrN2O2S. The van der Waals surface area contributed by atoms with Crippen LogP contribution in [0.2, 0.25) is 0 Å². The quantitative estimate of drug-likeness (QED) is 0.700. The number of allylic oxidation sites excluding steroid dienone is 1. The van der Waals surface area contributed by atoms with Gasteiger partial charge in [0.05, 0.1) is 27.5 Å². The average molecular weight is 413 g/mol. The number of fused-ring (bicyclic) bond motifs is 2. The van der Waals surface area contributed by atoms with Crippen LogP contribution in [0.25, 0.3) is 5.70 Å². The lowest BCUT2D eigenvalue weighted by Crippen LogP contribution is -2.26. The van der Waals surface area contributed by atoms with Gasteiger partial charge in [0.15, 0.2) is 0 Å². The van der Waals surface area contributed by atoms with Crippen LogP contribution >= 0.6 is 15.9 Å². The van der Waals surface area contributed by atoms with Crippen LogP contribution in [-0.2, 0) is 9.84 Å². The number of hydrogen-bond acceptors (Lipinski definition) is 4. The molecule has 0 aromatic heterocycles. The van der Waals surface area contributed by atoms with Gasteiger partial charge in [-0.15, -0.1) is 0 Å². The molecule has 0 N–H and O–H groups in total. The molecule has 25 heavy (non-hydrogen) atoms. The monoisotopic (exact) mass is 412 g/mol. The Morgan fingerprint density at radius 1 is 1.12 bits per heavy atom. The molecule has 2 heterocycles. The lowest BCUT2D eigenvalue weighted by molar-refractivity contribution is 0.595. The number of hydrogen-bond donors (Lipinski definition) is 0. The number of halogens is 1. The summed E-state index contributed by atoms with van der Waals surface area (Å²) in [7, 11) is -3.67. The number of nitrogens with zero attached hydrogens (tertiary/aromatic N) is 2. The van der Waals surface area contributed by atoms with Gasteiger partial charge >= 0.3 is 0 Å². The maximum Gasteiger partial charge on any atom is 0.206 e. The molecule has 4 nitrogen and oxygen atoms in total. The maximum atomic E-state index is 13.2. The van der Waals surface area contributed by atoms with Crippen molar-refractivity contribution in [1.82, 2.24) is 0 Å². The van der Waals surface area contributed by atoms with E-state index in [9.17, 15) is 13.7 Å². The molecule has 0 amide bonds. The Labute approximate surface area is 154 Å². The topological polar surface area (TPSA) is 70.3 Å². The van der Waals surface area contributed by atoms with Crippen LogP contribution in [0.3, 0.4) is 0 Å². The molecule has 0 saturated carbocycles. The fourth-order valence-electron chi connectivity index (χ4n) is 3.53. The molecule has 0 saturated heterocycles. The van der Waals surface area contributed by atoms with Crippen molar-refractivity contribution in [2.45, 2.75) is 17.7 Å². The minimum atomic E-state index is -3.67. The number of aliphatic imine (C=N–C) groups is 1. The van der Waals surface area contributed by atoms with E-state index in [2.05, 4.69) is 27.0 Å². The lowest BCUT2D eigenvalue weighted by Gasteiger charge is -2.27. The van der Waals surface area contributed by atoms with E-state index in [1.807, 2.05) is 24.3 Å². The molecule has 0 radical (unpaired) electrons. The average Bonchev–Trinajstić information content (AvgIpc) is 2.82. The Balaban J connectivity index is 2.03. The second-order valence-electron chi connectivity index (χ2n) is 6.10. The van der Waals surface area contributed by atoms with Crippen LogP contribution < -0.4 is 0 Å². The maximum absolute atomic E-state index is 13.2. The summed E-state index contributed by atoms with van der Waals surface area (Å²) < 4.78 is 27.3. The standard InChI is InChI=1S/C19H13BrN2O2S/c1-11-15(10-21)17(12-6-8-13(20)9-7-12)19-18(22-11)14-4-2-3-5-16(14)25(19,23)24/h2-9,15,17H,1H3/t15?,17-/m0/s1. The van der Waals surface area contributed by atoms with Crippen molar-refractivity contribution < 1.29 is 8.42 Å². The largest absolute Gasteiger partial charge is 0.255 e. The van der Waals surface area contributed by atoms with E-state index in [-0.39, 0.29) is 9.80 Å². The highest BCUT2D eigenvalue weighted by atomic mass is 79.9. The summed E-state index contributed by atoms with van der Waals surface area (Å²) in [6.07, 6.45) is 0. The van der Waals surface area contributed by atoms with E-state index in [0.29, 0.717) is 17.0 Å². The molecule has 0 spiro atoms. The second-order valence-corrected chi connectivity index (χ2v) is 8.90. The SMILES string of the molecule is CC1=NC2=C([C@@H](c3ccc(Br)cc3)C1C#N)S(=O)(=O)c1ccccc12. The van der Waals surface area contributed by atoms with Crippen LogP contribution in [0.4, 0.5) is 0 Å². The molecule has 4 rings (SSSR count). The van der Waals surface area contributed by atoms with Gasteiger partial charge in [0.2, 0.25) is 9.84 Å². The van der Waals surface area contributed by atoms with Crippen molar-refractivity contribution >= 4 is 37.2 Å². The fraction of sp³-hybridized carbons (Fsp3) is 0.158. The highest BCUT2D eigenvalue weighted by Crippen LogP contribution is 2.51. The van der Waals surface area contributed by atoms with Crippen molar-refractivity contribution in [2.24, 2.45) is 10.9 Å². The zero-order valence-electron chi connectivity index (χ0n) is 13.3. The van der Waals surface area contributed by atoms with Gasteiger partial charge in [-0.3, -0.25) is 4.99 Å². The Hall–Kier alpha value is -2.23. The Bertz CT molecular complexity index is 1090. The highest BCUT2D eigenvalue weighted by Gasteiger charge is 2.46. The van der Waals surface area contributed by atoms with Gasteiger partial charge in [-0.05, 0) is 30.7 Å². The Morgan fingerprint density at radius 2 is 1.80 bits per heavy atom. The zero-order valence-corrected chi connectivity index (χ0v) is 15.7. The summed E-state index contributed by atoms with van der Waals surface area (Å²) in [5.74, 6) is -1.16. The van der Waals surface area contributed by atoms with Crippen LogP contribution in [-0.4, -0.2) is 14.1 Å². The minimum absolute atomic E-state index is 0.244. The second kappa shape index (κ2) is 5.65. The first kappa shape index (κ1) is 16.2. The summed E-state index contributed by atoms with van der Waals surface area (Å²) in [5.41, 5.74) is 2.54. The van der Waals surface area contributed by atoms with E-state index in [1.165, 1.54) is 0 Å². The molecule has 124 valence electrons. The van der Waals surface area contributed by atoms with Gasteiger partial charge in [-0.2, -0.15) is 5.26 Å². The van der Waals surface area contributed by atoms with Crippen molar-refractivity contribution in [1.29, 1.82) is 5.26 Å². The third-order valence-electron chi connectivity index (χ3n) is 4.68. The van der Waals surface area contributed by atoms with Crippen LogP contribution in [0.1, 0.15) is 24.0 Å². The van der Waals surface area contributed by atoms with Gasteiger partial charge in [0, 0.05) is 21.7 Å². The molecule has 2 aromatic carbocycles. The molecule has 2 aliphatic rings. The van der Waals surface area contributed by atoms with Crippen LogP contribution in [0, 0.1) is 17.2 Å². The van der Waals surface area contributed by atoms with Crippen molar-refractivity contribution in [3.8, 4) is 6.07 Å². The van der Waals surface area contributed by atoms with Crippen molar-refractivity contribution in [3.63, 3.8) is 0 Å². The fourth-order valence-corrected chi connectivity index (χ4v) is 5.76. The lowest BCUT2D eigenvalue weighted by atomic mass is 9.81. The van der Waals surface area contributed by atoms with Gasteiger partial charge in [0.1, 0.15) is 0 Å². The van der Waals surface area contributed by atoms with Gasteiger partial charge in [0.25, 0.3) is 0 Å². The number of sulfone groups is 1. The van der Waals surface area contributed by atoms with Gasteiger partial charge < -0.3 is 0 Å². The summed E-state index contributed by atoms with van der Waals surface area (Å²) >= 11 is 3.40. The Morgan fingerprint density at radius 3 is 2.48 bits per heavy atom. The van der Waals surface area contributed by atoms with E-state index < -0.39 is 21.7 Å². The summed E-state index contributed by atoms with van der Waals surface area (Å²) in [6, 6.07) is 16.6. The first-order valence-corrected chi connectivity index (χ1v) is 10.0. The van der Waals surface area contributed by atoms with E-state index in [4.69, 9.17) is 0 Å². The first-order valence-electron chi connectivity index (χ1n) is 7.74. The number of rotatable bonds is 1. The number of benzene rings is 2. The first-order chi connectivity index (χ1) is 11.9. The van der Waals surface area contributed by atoms with Crippen LogP contribution in [0.15, 0.2) is 67.8 Å². The molecule has 0 bridgehead atoms. The Kier molecular flexibility index (Phi) is 3.67. The van der Waals surface area contributed by atoms with E-state index >= 15 is 0 Å². The predicted octanol–water partition coefficient (Wildman–Crippen LogP) is 4.30. The molecule has 0 fully saturated rings. The molecule has 1 unspecified atom stereocenters. The smallest absolute Gasteiger partial charge is 0.206 e. The third kappa shape index (κ3) is 2.30. The molecule has 2 aromatic rings. The van der Waals surface area contributed by atoms with Crippen LogP contribution in [0.5, 0.6) is 0 Å². The highest BCUT2D eigenvalue weighted by molar-refractivity contribution is 9.10. The molecule has 2 atom stereocenters. The van der Waals surface area contributed by atoms with Gasteiger partial charge in [-0.25, -0.2) is 8.42 Å². The number of nitriles is 1. The molecular weight excluding hydrogens is 400 g/mol.